The molecule has 8 heteroatoms. The molecule has 1 heterocycles. The lowest BCUT2D eigenvalue weighted by Gasteiger charge is -2.02. The van der Waals surface area contributed by atoms with Crippen molar-refractivity contribution in [2.45, 2.75) is 12.6 Å². The summed E-state index contributed by atoms with van der Waals surface area (Å²) in [5, 5.41) is 6.98. The fourth-order valence-electron chi connectivity index (χ4n) is 0.810. The van der Waals surface area contributed by atoms with E-state index >= 15 is 0 Å². The van der Waals surface area contributed by atoms with Gasteiger partial charge in [-0.25, -0.2) is 0 Å². The smallest absolute Gasteiger partial charge is 0.292 e. The van der Waals surface area contributed by atoms with Crippen LogP contribution < -0.4 is 0 Å². The van der Waals surface area contributed by atoms with Crippen molar-refractivity contribution < 1.29 is 22.8 Å². The Bertz CT molecular complexity index is 396. The Hall–Kier alpha value is -1.73. The number of nitrogens with zero attached hydrogens (tertiary/aromatic N) is 3. The van der Waals surface area contributed by atoms with Gasteiger partial charge in [0.1, 0.15) is 5.69 Å². The summed E-state index contributed by atoms with van der Waals surface area (Å²) in [6.07, 6.45) is -5.22. The van der Waals surface area contributed by atoms with Crippen molar-refractivity contribution >= 4 is 11.6 Å². The first-order chi connectivity index (χ1) is 6.80. The van der Waals surface area contributed by atoms with Gasteiger partial charge in [0, 0.05) is 7.05 Å². The monoisotopic (exact) mass is 221 g/mol. The Labute approximate surface area is 81.9 Å². The molecule has 1 aromatic rings. The Morgan fingerprint density at radius 1 is 1.47 bits per heavy atom. The number of Topliss-reactive ketones (excluding diaryl/α,β-unsaturated/α-hetero) is 2. The van der Waals surface area contributed by atoms with E-state index < -0.39 is 24.2 Å². The second-order valence-electron chi connectivity index (χ2n) is 2.74. The van der Waals surface area contributed by atoms with E-state index in [-0.39, 0.29) is 5.69 Å². The highest BCUT2D eigenvalue weighted by Gasteiger charge is 2.39. The van der Waals surface area contributed by atoms with Crippen molar-refractivity contribution in [3.05, 3.63) is 11.9 Å². The van der Waals surface area contributed by atoms with Crippen LogP contribution in [0, 0.1) is 0 Å². The molecule has 0 spiro atoms. The minimum Gasteiger partial charge on any atom is -0.292 e. The van der Waals surface area contributed by atoms with Crippen molar-refractivity contribution in [2.75, 3.05) is 0 Å². The van der Waals surface area contributed by atoms with Gasteiger partial charge < -0.3 is 0 Å². The van der Waals surface area contributed by atoms with E-state index in [2.05, 4.69) is 10.2 Å². The minimum absolute atomic E-state index is 0.255. The van der Waals surface area contributed by atoms with Crippen LogP contribution in [0.15, 0.2) is 6.20 Å². The number of alkyl halides is 3. The highest BCUT2D eigenvalue weighted by molar-refractivity contribution is 6.08. The van der Waals surface area contributed by atoms with Gasteiger partial charge in [0.05, 0.1) is 12.6 Å². The maximum absolute atomic E-state index is 11.8. The molecule has 0 fully saturated rings. The zero-order valence-electron chi connectivity index (χ0n) is 7.58. The fourth-order valence-corrected chi connectivity index (χ4v) is 0.810. The number of aryl methyl sites for hydroxylation is 1. The van der Waals surface area contributed by atoms with Gasteiger partial charge in [0.15, 0.2) is 5.78 Å². The van der Waals surface area contributed by atoms with Gasteiger partial charge in [0.25, 0.3) is 0 Å². The zero-order chi connectivity index (χ0) is 11.6. The Morgan fingerprint density at radius 2 is 2.07 bits per heavy atom. The lowest BCUT2D eigenvalue weighted by molar-refractivity contribution is -0.170. The van der Waals surface area contributed by atoms with Crippen LogP contribution in [0.5, 0.6) is 0 Å². The highest BCUT2D eigenvalue weighted by atomic mass is 19.4. The van der Waals surface area contributed by atoms with Crippen LogP contribution in [0.25, 0.3) is 0 Å². The number of ketones is 2. The van der Waals surface area contributed by atoms with Gasteiger partial charge >= 0.3 is 6.18 Å². The summed E-state index contributed by atoms with van der Waals surface area (Å²) >= 11 is 0. The lowest BCUT2D eigenvalue weighted by Crippen LogP contribution is -2.25. The molecule has 0 aliphatic heterocycles. The molecule has 1 aromatic heterocycles. The second kappa shape index (κ2) is 3.79. The van der Waals surface area contributed by atoms with Gasteiger partial charge in [-0.15, -0.1) is 0 Å². The summed E-state index contributed by atoms with van der Waals surface area (Å²) in [6, 6.07) is 0. The number of carbonyl (C=O) groups is 2. The van der Waals surface area contributed by atoms with Crippen molar-refractivity contribution in [1.82, 2.24) is 15.0 Å². The van der Waals surface area contributed by atoms with Crippen LogP contribution in [-0.4, -0.2) is 32.7 Å². The van der Waals surface area contributed by atoms with E-state index in [1.807, 2.05) is 0 Å². The molecule has 82 valence electrons. The molecule has 0 amide bonds. The van der Waals surface area contributed by atoms with E-state index in [1.165, 1.54) is 7.05 Å². The predicted molar refractivity (Wildman–Crippen MR) is 41.0 cm³/mol. The van der Waals surface area contributed by atoms with Crippen molar-refractivity contribution in [3.63, 3.8) is 0 Å². The topological polar surface area (TPSA) is 64.8 Å². The number of carbonyl (C=O) groups excluding carboxylic acids is 2. The third-order valence-corrected chi connectivity index (χ3v) is 1.52. The van der Waals surface area contributed by atoms with Crippen LogP contribution in [0.1, 0.15) is 16.9 Å². The molecule has 0 atom stereocenters. The Kier molecular flexibility index (Phi) is 2.87. The number of hydrogen-bond donors (Lipinski definition) is 0. The van der Waals surface area contributed by atoms with Crippen LogP contribution in [0.3, 0.4) is 0 Å². The molecule has 0 unspecified atom stereocenters. The van der Waals surface area contributed by atoms with Crippen LogP contribution in [0.4, 0.5) is 13.2 Å². The molecule has 0 N–H and O–H groups in total. The van der Waals surface area contributed by atoms with Crippen LogP contribution >= 0.6 is 0 Å². The summed E-state index contributed by atoms with van der Waals surface area (Å²) in [6.45, 7) is 0. The first-order valence-electron chi connectivity index (χ1n) is 3.80. The standard InChI is InChI=1S/C7H6F3N3O2/c1-13-11-3-4(12-13)5(14)2-6(15)7(8,9)10/h3H,2H2,1H3. The normalized spacial score (nSPS) is 11.5. The van der Waals surface area contributed by atoms with Gasteiger partial charge in [0.2, 0.25) is 5.78 Å². The zero-order valence-corrected chi connectivity index (χ0v) is 7.58. The van der Waals surface area contributed by atoms with Crippen LogP contribution in [0.2, 0.25) is 0 Å². The molecule has 0 saturated carbocycles. The molecular formula is C7H6F3N3O2. The first-order valence-corrected chi connectivity index (χ1v) is 3.80. The van der Waals surface area contributed by atoms with Crippen molar-refractivity contribution in [2.24, 2.45) is 7.05 Å². The van der Waals surface area contributed by atoms with E-state index in [0.717, 1.165) is 11.0 Å². The van der Waals surface area contributed by atoms with Crippen molar-refractivity contribution in [3.8, 4) is 0 Å². The fraction of sp³-hybridized carbons (Fsp3) is 0.429. The molecule has 1 rings (SSSR count). The van der Waals surface area contributed by atoms with Crippen LogP contribution in [-0.2, 0) is 11.8 Å². The summed E-state index contributed by atoms with van der Waals surface area (Å²) in [5.41, 5.74) is -0.255. The summed E-state index contributed by atoms with van der Waals surface area (Å²) in [4.78, 5) is 22.6. The van der Waals surface area contributed by atoms with Gasteiger partial charge in [-0.1, -0.05) is 0 Å². The van der Waals surface area contributed by atoms with Crippen molar-refractivity contribution in [1.29, 1.82) is 0 Å². The summed E-state index contributed by atoms with van der Waals surface area (Å²) < 4.78 is 35.4. The third-order valence-electron chi connectivity index (χ3n) is 1.52. The molecule has 0 bridgehead atoms. The minimum atomic E-state index is -4.99. The largest absolute Gasteiger partial charge is 0.450 e. The molecule has 0 aromatic carbocycles. The van der Waals surface area contributed by atoms with Gasteiger partial charge in [-0.3, -0.25) is 9.59 Å². The third kappa shape index (κ3) is 2.86. The second-order valence-corrected chi connectivity index (χ2v) is 2.74. The molecule has 0 saturated heterocycles. The Balaban J connectivity index is 2.69. The molecule has 0 aliphatic rings. The molecule has 5 nitrogen and oxygen atoms in total. The quantitative estimate of drug-likeness (QED) is 0.551. The summed E-state index contributed by atoms with van der Waals surface area (Å²) in [5.74, 6) is -3.08. The van der Waals surface area contributed by atoms with Gasteiger partial charge in [-0.05, 0) is 0 Å². The average Bonchev–Trinajstić information content (AvgIpc) is 2.50. The Morgan fingerprint density at radius 3 is 2.47 bits per heavy atom. The van der Waals surface area contributed by atoms with E-state index in [4.69, 9.17) is 0 Å². The maximum atomic E-state index is 11.8. The average molecular weight is 221 g/mol. The highest BCUT2D eigenvalue weighted by Crippen LogP contribution is 2.18. The van der Waals surface area contributed by atoms with Gasteiger partial charge in [-0.2, -0.15) is 28.2 Å². The number of aromatic nitrogens is 3. The molecule has 15 heavy (non-hydrogen) atoms. The predicted octanol–water partition coefficient (Wildman–Crippen LogP) is 0.519. The molecule has 0 aliphatic carbocycles. The first kappa shape index (κ1) is 11.3. The SMILES string of the molecule is Cn1ncc(C(=O)CC(=O)C(F)(F)F)n1. The summed E-state index contributed by atoms with van der Waals surface area (Å²) in [7, 11) is 1.41. The van der Waals surface area contributed by atoms with E-state index in [9.17, 15) is 22.8 Å². The number of rotatable bonds is 3. The number of hydrogen-bond acceptors (Lipinski definition) is 4. The lowest BCUT2D eigenvalue weighted by atomic mass is 10.1. The maximum Gasteiger partial charge on any atom is 0.450 e. The van der Waals surface area contributed by atoms with E-state index in [1.54, 1.807) is 0 Å². The molecular weight excluding hydrogens is 215 g/mol. The number of halogens is 3. The van der Waals surface area contributed by atoms with E-state index in [0.29, 0.717) is 0 Å². The molecule has 0 radical (unpaired) electrons.